The smallest absolute Gasteiger partial charge is 0.309 e. The fourth-order valence-corrected chi connectivity index (χ4v) is 3.90. The number of hydrogen-bond acceptors (Lipinski definition) is 7. The van der Waals surface area contributed by atoms with Crippen molar-refractivity contribution in [2.24, 2.45) is 11.8 Å². The number of aromatic nitrogens is 5. The minimum atomic E-state index is -0.0114. The fraction of sp³-hybridized carbons (Fsp3) is 0.706. The molecule has 0 bridgehead atoms. The molecule has 2 fully saturated rings. The van der Waals surface area contributed by atoms with Crippen molar-refractivity contribution in [2.75, 3.05) is 18.0 Å². The lowest BCUT2D eigenvalue weighted by Crippen LogP contribution is -2.38. The van der Waals surface area contributed by atoms with Gasteiger partial charge in [0.05, 0.1) is 5.92 Å². The summed E-state index contributed by atoms with van der Waals surface area (Å²) in [5.41, 5.74) is 0.629. The lowest BCUT2D eigenvalue weighted by molar-refractivity contribution is -0.156. The Morgan fingerprint density at radius 3 is 2.84 bits per heavy atom. The van der Waals surface area contributed by atoms with Crippen molar-refractivity contribution in [1.82, 2.24) is 25.3 Å². The number of hydrogen-bond donors (Lipinski definition) is 0. The highest BCUT2D eigenvalue weighted by Crippen LogP contribution is 2.28. The molecule has 1 aliphatic carbocycles. The number of tetrazole rings is 1. The van der Waals surface area contributed by atoms with Crippen LogP contribution in [0.2, 0.25) is 0 Å². The monoisotopic (exact) mass is 344 g/mol. The molecule has 4 rings (SSSR count). The number of carbonyl (C=O) groups excluding carboxylic acids is 1. The SMILES string of the molecule is CC1CCCC(OC(=O)C2CCN(c3ccc4nnnn4n3)CC2)C1. The van der Waals surface area contributed by atoms with Crippen LogP contribution in [0.25, 0.3) is 5.65 Å². The summed E-state index contributed by atoms with van der Waals surface area (Å²) >= 11 is 0. The normalized spacial score (nSPS) is 25.2. The molecule has 3 heterocycles. The second-order valence-corrected chi connectivity index (χ2v) is 7.31. The molecule has 2 atom stereocenters. The number of ether oxygens (including phenoxy) is 1. The van der Waals surface area contributed by atoms with Crippen molar-refractivity contribution in [3.05, 3.63) is 12.1 Å². The molecule has 0 amide bonds. The van der Waals surface area contributed by atoms with E-state index in [1.54, 1.807) is 0 Å². The first-order chi connectivity index (χ1) is 12.2. The van der Waals surface area contributed by atoms with Gasteiger partial charge in [-0.1, -0.05) is 13.3 Å². The third-order valence-electron chi connectivity index (χ3n) is 5.38. The van der Waals surface area contributed by atoms with Gasteiger partial charge in [-0.3, -0.25) is 4.79 Å². The Kier molecular flexibility index (Phi) is 4.50. The number of carbonyl (C=O) groups is 1. The molecule has 0 radical (unpaired) electrons. The Balaban J connectivity index is 1.32. The summed E-state index contributed by atoms with van der Waals surface area (Å²) < 4.78 is 7.22. The predicted octanol–water partition coefficient (Wildman–Crippen LogP) is 1.86. The Morgan fingerprint density at radius 1 is 1.20 bits per heavy atom. The largest absolute Gasteiger partial charge is 0.462 e. The van der Waals surface area contributed by atoms with Gasteiger partial charge in [-0.2, -0.15) is 0 Å². The molecule has 134 valence electrons. The van der Waals surface area contributed by atoms with Crippen LogP contribution in [0.4, 0.5) is 5.82 Å². The Hall–Kier alpha value is -2.25. The zero-order valence-corrected chi connectivity index (χ0v) is 14.5. The van der Waals surface area contributed by atoms with Crippen molar-refractivity contribution >= 4 is 17.4 Å². The molecule has 2 aromatic heterocycles. The van der Waals surface area contributed by atoms with E-state index < -0.39 is 0 Å². The summed E-state index contributed by atoms with van der Waals surface area (Å²) in [4.78, 5) is 14.6. The first-order valence-corrected chi connectivity index (χ1v) is 9.20. The van der Waals surface area contributed by atoms with Gasteiger partial charge in [0.25, 0.3) is 0 Å². The minimum Gasteiger partial charge on any atom is -0.462 e. The van der Waals surface area contributed by atoms with E-state index in [2.05, 4.69) is 32.4 Å². The summed E-state index contributed by atoms with van der Waals surface area (Å²) in [6.45, 7) is 3.83. The first kappa shape index (κ1) is 16.2. The number of rotatable bonds is 3. The number of fused-ring (bicyclic) bond motifs is 1. The van der Waals surface area contributed by atoms with Crippen LogP contribution in [-0.4, -0.2) is 50.4 Å². The highest BCUT2D eigenvalue weighted by atomic mass is 16.5. The molecule has 1 saturated heterocycles. The molecule has 8 nitrogen and oxygen atoms in total. The number of nitrogens with zero attached hydrogens (tertiary/aromatic N) is 6. The number of anilines is 1. The lowest BCUT2D eigenvalue weighted by atomic mass is 9.88. The third kappa shape index (κ3) is 3.57. The van der Waals surface area contributed by atoms with Gasteiger partial charge in [-0.15, -0.1) is 14.8 Å². The van der Waals surface area contributed by atoms with Crippen molar-refractivity contribution in [2.45, 2.75) is 51.6 Å². The van der Waals surface area contributed by atoms with Crippen LogP contribution in [0.3, 0.4) is 0 Å². The van der Waals surface area contributed by atoms with Crippen LogP contribution in [0, 0.1) is 11.8 Å². The molecular formula is C17H24N6O2. The van der Waals surface area contributed by atoms with Crippen LogP contribution >= 0.6 is 0 Å². The Bertz CT molecular complexity index is 740. The first-order valence-electron chi connectivity index (χ1n) is 9.20. The molecule has 0 spiro atoms. The van der Waals surface area contributed by atoms with Crippen molar-refractivity contribution in [3.63, 3.8) is 0 Å². The molecule has 2 aliphatic rings. The van der Waals surface area contributed by atoms with Gasteiger partial charge >= 0.3 is 5.97 Å². The van der Waals surface area contributed by atoms with Crippen LogP contribution in [0.15, 0.2) is 12.1 Å². The Morgan fingerprint density at radius 2 is 2.04 bits per heavy atom. The molecule has 2 aromatic rings. The van der Waals surface area contributed by atoms with Crippen LogP contribution in [-0.2, 0) is 9.53 Å². The molecule has 0 N–H and O–H groups in total. The van der Waals surface area contributed by atoms with Crippen LogP contribution in [0.1, 0.15) is 45.4 Å². The predicted molar refractivity (Wildman–Crippen MR) is 91.0 cm³/mol. The maximum absolute atomic E-state index is 12.5. The molecule has 0 aromatic carbocycles. The molecular weight excluding hydrogens is 320 g/mol. The quantitative estimate of drug-likeness (QED) is 0.786. The van der Waals surface area contributed by atoms with E-state index in [9.17, 15) is 4.79 Å². The zero-order valence-electron chi connectivity index (χ0n) is 14.5. The Labute approximate surface area is 146 Å². The average Bonchev–Trinajstić information content (AvgIpc) is 3.09. The lowest BCUT2D eigenvalue weighted by Gasteiger charge is -2.33. The maximum Gasteiger partial charge on any atom is 0.309 e. The van der Waals surface area contributed by atoms with E-state index in [-0.39, 0.29) is 18.0 Å². The molecule has 1 aliphatic heterocycles. The minimum absolute atomic E-state index is 0.00486. The summed E-state index contributed by atoms with van der Waals surface area (Å²) in [5, 5.41) is 15.7. The molecule has 1 saturated carbocycles. The van der Waals surface area contributed by atoms with E-state index in [0.29, 0.717) is 11.6 Å². The summed E-state index contributed by atoms with van der Waals surface area (Å²) in [6.07, 6.45) is 6.18. The van der Waals surface area contributed by atoms with Gasteiger partial charge in [0.15, 0.2) is 11.5 Å². The topological polar surface area (TPSA) is 85.5 Å². The number of piperidine rings is 1. The van der Waals surface area contributed by atoms with E-state index in [1.807, 2.05) is 12.1 Å². The van der Waals surface area contributed by atoms with Gasteiger partial charge in [0, 0.05) is 13.1 Å². The van der Waals surface area contributed by atoms with E-state index in [0.717, 1.165) is 44.6 Å². The fourth-order valence-electron chi connectivity index (χ4n) is 3.90. The van der Waals surface area contributed by atoms with E-state index in [4.69, 9.17) is 4.74 Å². The van der Waals surface area contributed by atoms with Gasteiger partial charge in [-0.05, 0) is 60.6 Å². The van der Waals surface area contributed by atoms with Gasteiger partial charge in [-0.25, -0.2) is 0 Å². The number of esters is 1. The highest BCUT2D eigenvalue weighted by Gasteiger charge is 2.30. The average molecular weight is 344 g/mol. The van der Waals surface area contributed by atoms with Crippen LogP contribution in [0.5, 0.6) is 0 Å². The third-order valence-corrected chi connectivity index (χ3v) is 5.38. The zero-order chi connectivity index (χ0) is 17.2. The second kappa shape index (κ2) is 6.93. The van der Waals surface area contributed by atoms with Gasteiger partial charge < -0.3 is 9.64 Å². The molecule has 25 heavy (non-hydrogen) atoms. The second-order valence-electron chi connectivity index (χ2n) is 7.31. The summed E-state index contributed by atoms with van der Waals surface area (Å²) in [6, 6.07) is 3.78. The molecule has 2 unspecified atom stereocenters. The van der Waals surface area contributed by atoms with E-state index in [1.165, 1.54) is 17.5 Å². The highest BCUT2D eigenvalue weighted by molar-refractivity contribution is 5.73. The van der Waals surface area contributed by atoms with Crippen molar-refractivity contribution < 1.29 is 9.53 Å². The van der Waals surface area contributed by atoms with Crippen molar-refractivity contribution in [3.8, 4) is 0 Å². The van der Waals surface area contributed by atoms with Crippen LogP contribution < -0.4 is 4.90 Å². The van der Waals surface area contributed by atoms with Gasteiger partial charge in [0.1, 0.15) is 6.10 Å². The standard InChI is InChI=1S/C17H24N6O2/c1-12-3-2-4-14(11-12)25-17(24)13-7-9-22(10-8-13)16-6-5-15-18-20-21-23(15)19-16/h5-6,12-14H,2-4,7-11H2,1H3. The van der Waals surface area contributed by atoms with Crippen molar-refractivity contribution in [1.29, 1.82) is 0 Å². The molecule has 8 heteroatoms. The van der Waals surface area contributed by atoms with E-state index >= 15 is 0 Å². The summed E-state index contributed by atoms with van der Waals surface area (Å²) in [7, 11) is 0. The van der Waals surface area contributed by atoms with Gasteiger partial charge in [0.2, 0.25) is 0 Å². The maximum atomic E-state index is 12.5. The summed E-state index contributed by atoms with van der Waals surface area (Å²) in [5.74, 6) is 1.50.